The molecule has 1 aromatic carbocycles. The molecule has 3 aliphatic heterocycles. The summed E-state index contributed by atoms with van der Waals surface area (Å²) in [6.07, 6.45) is 1.60. The number of hydrogen-bond donors (Lipinski definition) is 0. The zero-order valence-electron chi connectivity index (χ0n) is 15.6. The Balaban J connectivity index is 1.21. The van der Waals surface area contributed by atoms with Crippen molar-refractivity contribution >= 4 is 17.5 Å². The van der Waals surface area contributed by atoms with Gasteiger partial charge in [-0.2, -0.15) is 0 Å². The van der Waals surface area contributed by atoms with Gasteiger partial charge in [0.25, 0.3) is 0 Å². The fourth-order valence-corrected chi connectivity index (χ4v) is 4.15. The predicted molar refractivity (Wildman–Crippen MR) is 101 cm³/mol. The van der Waals surface area contributed by atoms with Crippen molar-refractivity contribution in [2.24, 2.45) is 5.92 Å². The summed E-state index contributed by atoms with van der Waals surface area (Å²) in [6.45, 7) is 6.47. The van der Waals surface area contributed by atoms with Crippen LogP contribution in [0.4, 0.5) is 5.69 Å². The van der Waals surface area contributed by atoms with Crippen LogP contribution in [0.2, 0.25) is 0 Å². The maximum absolute atomic E-state index is 12.5. The molecule has 0 atom stereocenters. The van der Waals surface area contributed by atoms with Crippen LogP contribution in [0.5, 0.6) is 0 Å². The van der Waals surface area contributed by atoms with Gasteiger partial charge in [-0.1, -0.05) is 18.2 Å². The fourth-order valence-electron chi connectivity index (χ4n) is 4.15. The molecule has 0 aromatic heterocycles. The molecule has 0 aliphatic carbocycles. The van der Waals surface area contributed by atoms with Crippen LogP contribution >= 0.6 is 0 Å². The van der Waals surface area contributed by atoms with E-state index in [0.717, 1.165) is 45.7 Å². The summed E-state index contributed by atoms with van der Waals surface area (Å²) in [7, 11) is 2.09. The molecule has 0 spiro atoms. The average Bonchev–Trinajstić information content (AvgIpc) is 3.02. The molecule has 2 fully saturated rings. The van der Waals surface area contributed by atoms with Gasteiger partial charge in [-0.25, -0.2) is 0 Å². The second-order valence-electron chi connectivity index (χ2n) is 7.74. The zero-order chi connectivity index (χ0) is 18.1. The zero-order valence-corrected chi connectivity index (χ0v) is 15.6. The molecule has 0 N–H and O–H groups in total. The van der Waals surface area contributed by atoms with E-state index in [1.807, 2.05) is 9.80 Å². The number of piperazine rings is 1. The number of likely N-dealkylation sites (N-methyl/N-ethyl adjacent to an activating group) is 1. The minimum atomic E-state index is 0.00914. The largest absolute Gasteiger partial charge is 0.370 e. The number of carbonyl (C=O) groups is 2. The Bertz CT molecular complexity index is 678. The maximum atomic E-state index is 12.5. The Morgan fingerprint density at radius 3 is 2.50 bits per heavy atom. The summed E-state index contributed by atoms with van der Waals surface area (Å²) in [5.41, 5.74) is 2.65. The molecular weight excluding hydrogens is 328 g/mol. The first-order valence-electron chi connectivity index (χ1n) is 9.70. The van der Waals surface area contributed by atoms with E-state index in [4.69, 9.17) is 0 Å². The van der Waals surface area contributed by atoms with Crippen molar-refractivity contribution < 1.29 is 9.59 Å². The van der Waals surface area contributed by atoms with Crippen LogP contribution in [-0.2, 0) is 16.0 Å². The number of carbonyl (C=O) groups excluding carboxylic acids is 2. The lowest BCUT2D eigenvalue weighted by Crippen LogP contribution is -2.59. The van der Waals surface area contributed by atoms with Crippen LogP contribution < -0.4 is 4.90 Å². The normalized spacial score (nSPS) is 20.9. The molecule has 0 unspecified atom stereocenters. The van der Waals surface area contributed by atoms with E-state index in [1.165, 1.54) is 11.3 Å². The molecule has 3 aliphatic rings. The Morgan fingerprint density at radius 1 is 1.00 bits per heavy atom. The number of amides is 2. The van der Waals surface area contributed by atoms with Crippen molar-refractivity contribution in [2.45, 2.75) is 12.8 Å². The summed E-state index contributed by atoms with van der Waals surface area (Å²) in [5, 5.41) is 0. The summed E-state index contributed by atoms with van der Waals surface area (Å²) < 4.78 is 0. The Labute approximate surface area is 155 Å². The molecule has 6 heteroatoms. The van der Waals surface area contributed by atoms with Crippen LogP contribution in [0, 0.1) is 5.92 Å². The van der Waals surface area contributed by atoms with Crippen LogP contribution in [0.3, 0.4) is 0 Å². The maximum Gasteiger partial charge on any atom is 0.229 e. The number of likely N-dealkylation sites (tertiary alicyclic amines) is 1. The van der Waals surface area contributed by atoms with Crippen LogP contribution in [0.15, 0.2) is 24.3 Å². The van der Waals surface area contributed by atoms with Gasteiger partial charge in [0, 0.05) is 64.5 Å². The lowest BCUT2D eigenvalue weighted by molar-refractivity contribution is -0.149. The summed E-state index contributed by atoms with van der Waals surface area (Å²) in [4.78, 5) is 33.3. The SMILES string of the molecule is CN1CCN(C(=O)C2CN(C(=O)CCN3CCc4ccccc43)C2)CC1. The van der Waals surface area contributed by atoms with Gasteiger partial charge in [0.1, 0.15) is 0 Å². The number of para-hydroxylation sites is 1. The number of hydrogen-bond acceptors (Lipinski definition) is 4. The van der Waals surface area contributed by atoms with Gasteiger partial charge in [0.2, 0.25) is 11.8 Å². The standard InChI is InChI=1S/C20H28N4O2/c1-21-10-12-23(13-11-21)20(26)17-14-24(15-17)19(25)7-9-22-8-6-16-4-2-3-5-18(16)22/h2-5,17H,6-15H2,1H3. The highest BCUT2D eigenvalue weighted by Crippen LogP contribution is 2.28. The van der Waals surface area contributed by atoms with Crippen molar-refractivity contribution in [3.63, 3.8) is 0 Å². The highest BCUT2D eigenvalue weighted by Gasteiger charge is 2.38. The average molecular weight is 356 g/mol. The number of benzene rings is 1. The molecule has 2 saturated heterocycles. The molecule has 0 radical (unpaired) electrons. The smallest absolute Gasteiger partial charge is 0.229 e. The van der Waals surface area contributed by atoms with Gasteiger partial charge in [-0.15, -0.1) is 0 Å². The molecule has 0 bridgehead atoms. The van der Waals surface area contributed by atoms with Gasteiger partial charge in [-0.05, 0) is 25.1 Å². The van der Waals surface area contributed by atoms with E-state index in [9.17, 15) is 9.59 Å². The Morgan fingerprint density at radius 2 is 1.73 bits per heavy atom. The summed E-state index contributed by atoms with van der Waals surface area (Å²) >= 11 is 0. The molecule has 1 aromatic rings. The van der Waals surface area contributed by atoms with Gasteiger partial charge >= 0.3 is 0 Å². The number of fused-ring (bicyclic) bond motifs is 1. The van der Waals surface area contributed by atoms with E-state index in [-0.39, 0.29) is 17.7 Å². The van der Waals surface area contributed by atoms with E-state index >= 15 is 0 Å². The third kappa shape index (κ3) is 3.43. The van der Waals surface area contributed by atoms with Gasteiger partial charge in [0.15, 0.2) is 0 Å². The van der Waals surface area contributed by atoms with Crippen molar-refractivity contribution in [1.82, 2.24) is 14.7 Å². The topological polar surface area (TPSA) is 47.1 Å². The first-order valence-corrected chi connectivity index (χ1v) is 9.70. The molecule has 3 heterocycles. The third-order valence-electron chi connectivity index (χ3n) is 5.98. The predicted octanol–water partition coefficient (Wildman–Crippen LogP) is 0.672. The fraction of sp³-hybridized carbons (Fsp3) is 0.600. The number of nitrogens with zero attached hydrogens (tertiary/aromatic N) is 4. The number of anilines is 1. The van der Waals surface area contributed by atoms with Crippen LogP contribution in [0.1, 0.15) is 12.0 Å². The molecule has 0 saturated carbocycles. The minimum absolute atomic E-state index is 0.00914. The lowest BCUT2D eigenvalue weighted by Gasteiger charge is -2.42. The van der Waals surface area contributed by atoms with Crippen LogP contribution in [-0.4, -0.2) is 85.9 Å². The molecular formula is C20H28N4O2. The molecule has 6 nitrogen and oxygen atoms in total. The van der Waals surface area contributed by atoms with E-state index in [0.29, 0.717) is 19.5 Å². The first-order chi connectivity index (χ1) is 12.6. The van der Waals surface area contributed by atoms with Gasteiger partial charge in [-0.3, -0.25) is 9.59 Å². The Hall–Kier alpha value is -2.08. The van der Waals surface area contributed by atoms with Crippen molar-refractivity contribution in [2.75, 3.05) is 64.3 Å². The summed E-state index contributed by atoms with van der Waals surface area (Å²) in [6, 6.07) is 8.44. The van der Waals surface area contributed by atoms with E-state index in [2.05, 4.69) is 41.1 Å². The van der Waals surface area contributed by atoms with Gasteiger partial charge < -0.3 is 19.6 Å². The van der Waals surface area contributed by atoms with Gasteiger partial charge in [0.05, 0.1) is 5.92 Å². The molecule has 4 rings (SSSR count). The van der Waals surface area contributed by atoms with E-state index < -0.39 is 0 Å². The highest BCUT2D eigenvalue weighted by molar-refractivity contribution is 5.85. The monoisotopic (exact) mass is 356 g/mol. The van der Waals surface area contributed by atoms with Crippen molar-refractivity contribution in [1.29, 1.82) is 0 Å². The Kier molecular flexibility index (Phi) is 4.85. The quantitative estimate of drug-likeness (QED) is 0.796. The van der Waals surface area contributed by atoms with Crippen molar-refractivity contribution in [3.8, 4) is 0 Å². The third-order valence-corrected chi connectivity index (χ3v) is 5.98. The van der Waals surface area contributed by atoms with Crippen LogP contribution in [0.25, 0.3) is 0 Å². The molecule has 2 amide bonds. The van der Waals surface area contributed by atoms with E-state index in [1.54, 1.807) is 0 Å². The minimum Gasteiger partial charge on any atom is -0.370 e. The highest BCUT2D eigenvalue weighted by atomic mass is 16.2. The second-order valence-corrected chi connectivity index (χ2v) is 7.74. The second kappa shape index (κ2) is 7.27. The summed E-state index contributed by atoms with van der Waals surface area (Å²) in [5.74, 6) is 0.419. The molecule has 26 heavy (non-hydrogen) atoms. The molecule has 140 valence electrons. The first kappa shape index (κ1) is 17.3. The number of rotatable bonds is 4. The lowest BCUT2D eigenvalue weighted by atomic mass is 9.97. The van der Waals surface area contributed by atoms with Crippen molar-refractivity contribution in [3.05, 3.63) is 29.8 Å².